The Balaban J connectivity index is 1.33. The Labute approximate surface area is 179 Å². The van der Waals surface area contributed by atoms with Crippen LogP contribution in [0.15, 0.2) is 0 Å². The first kappa shape index (κ1) is 22.8. The van der Waals surface area contributed by atoms with E-state index in [0.717, 1.165) is 12.8 Å². The average molecular weight is 448 g/mol. The van der Waals surface area contributed by atoms with Crippen molar-refractivity contribution in [2.24, 2.45) is 11.8 Å². The van der Waals surface area contributed by atoms with Crippen molar-refractivity contribution in [2.45, 2.75) is 75.7 Å². The molecule has 0 bridgehead atoms. The molecule has 3 saturated heterocycles. The van der Waals surface area contributed by atoms with Crippen LogP contribution in [0.2, 0.25) is 0 Å². The van der Waals surface area contributed by atoms with Gasteiger partial charge in [0, 0.05) is 44.4 Å². The maximum Gasteiger partial charge on any atom is 0.392 e. The van der Waals surface area contributed by atoms with Crippen LogP contribution in [0.3, 0.4) is 0 Å². The molecule has 2 amide bonds. The molecule has 0 aromatic heterocycles. The van der Waals surface area contributed by atoms with E-state index in [0.29, 0.717) is 19.6 Å². The Morgan fingerprint density at radius 3 is 2.65 bits per heavy atom. The van der Waals surface area contributed by atoms with E-state index in [9.17, 15) is 22.8 Å². The van der Waals surface area contributed by atoms with Crippen molar-refractivity contribution in [3.8, 4) is 0 Å². The monoisotopic (exact) mass is 448 g/mol. The Morgan fingerprint density at radius 1 is 1.23 bits per heavy atom. The van der Waals surface area contributed by atoms with E-state index in [1.165, 1.54) is 4.90 Å². The normalized spacial score (nSPS) is 39.2. The van der Waals surface area contributed by atoms with Gasteiger partial charge in [-0.2, -0.15) is 13.2 Å². The molecule has 0 radical (unpaired) electrons. The molecule has 0 aromatic carbocycles. The molecule has 4 rings (SSSR count). The predicted molar refractivity (Wildman–Crippen MR) is 103 cm³/mol. The molecule has 1 saturated carbocycles. The second kappa shape index (κ2) is 8.84. The molecule has 31 heavy (non-hydrogen) atoms. The van der Waals surface area contributed by atoms with Gasteiger partial charge < -0.3 is 19.7 Å². The van der Waals surface area contributed by atoms with Crippen LogP contribution in [0.5, 0.6) is 0 Å². The number of hydrogen-bond acceptors (Lipinski definition) is 6. The Bertz CT molecular complexity index is 694. The molecule has 8 nitrogen and oxygen atoms in total. The van der Waals surface area contributed by atoms with Crippen LogP contribution >= 0.6 is 0 Å². The first-order chi connectivity index (χ1) is 14.6. The highest BCUT2D eigenvalue weighted by Crippen LogP contribution is 2.45. The summed E-state index contributed by atoms with van der Waals surface area (Å²) >= 11 is 0. The molecule has 3 heterocycles. The molecule has 7 atom stereocenters. The molecule has 176 valence electrons. The third-order valence-electron chi connectivity index (χ3n) is 7.23. The number of ether oxygens (including phenoxy) is 2. The maximum atomic E-state index is 13.6. The van der Waals surface area contributed by atoms with Crippen LogP contribution in [0.25, 0.3) is 0 Å². The topological polar surface area (TPSA) is 83.1 Å². The highest BCUT2D eigenvalue weighted by Gasteiger charge is 2.58. The summed E-state index contributed by atoms with van der Waals surface area (Å²) in [5, 5.41) is 4.62. The molecule has 1 aliphatic carbocycles. The second-order valence-electron chi connectivity index (χ2n) is 9.09. The van der Waals surface area contributed by atoms with Gasteiger partial charge in [-0.25, -0.2) is 10.4 Å². The van der Waals surface area contributed by atoms with Crippen LogP contribution in [0.1, 0.15) is 39.0 Å². The summed E-state index contributed by atoms with van der Waals surface area (Å²) in [7, 11) is 1.68. The molecule has 7 unspecified atom stereocenters. The Morgan fingerprint density at radius 2 is 1.94 bits per heavy atom. The summed E-state index contributed by atoms with van der Waals surface area (Å²) in [5.41, 5.74) is 3.00. The molecule has 4 aliphatic rings. The van der Waals surface area contributed by atoms with E-state index < -0.39 is 36.5 Å². The second-order valence-corrected chi connectivity index (χ2v) is 9.09. The number of fused-ring (bicyclic) bond motifs is 2. The number of hydrazine groups is 1. The minimum Gasteiger partial charge on any atom is -0.373 e. The average Bonchev–Trinajstić information content (AvgIpc) is 3.00. The van der Waals surface area contributed by atoms with Gasteiger partial charge in [-0.1, -0.05) is 0 Å². The SMILES string of the molecule is CC1C2C(NN1C)N(CCC(=O)NC1CCC3OCCOC3C1)C(=O)CC2C(F)(F)F. The molecule has 11 heteroatoms. The van der Waals surface area contributed by atoms with Crippen LogP contribution in [-0.2, 0) is 19.1 Å². The fraction of sp³-hybridized carbons (Fsp3) is 0.900. The summed E-state index contributed by atoms with van der Waals surface area (Å²) in [6.07, 6.45) is -3.37. The number of piperidine rings is 1. The van der Waals surface area contributed by atoms with Crippen molar-refractivity contribution in [1.29, 1.82) is 0 Å². The van der Waals surface area contributed by atoms with Gasteiger partial charge in [-0.3, -0.25) is 9.59 Å². The molecule has 2 N–H and O–H groups in total. The lowest BCUT2D eigenvalue weighted by molar-refractivity contribution is -0.209. The van der Waals surface area contributed by atoms with E-state index >= 15 is 0 Å². The van der Waals surface area contributed by atoms with Crippen LogP contribution in [0, 0.1) is 11.8 Å². The number of amides is 2. The largest absolute Gasteiger partial charge is 0.392 e. The zero-order chi connectivity index (χ0) is 22.3. The lowest BCUT2D eigenvalue weighted by atomic mass is 9.79. The quantitative estimate of drug-likeness (QED) is 0.669. The summed E-state index contributed by atoms with van der Waals surface area (Å²) in [6.45, 7) is 2.97. The molecule has 0 aromatic rings. The number of nitrogens with zero attached hydrogens (tertiary/aromatic N) is 2. The van der Waals surface area contributed by atoms with Gasteiger partial charge in [0.25, 0.3) is 0 Å². The fourth-order valence-electron chi connectivity index (χ4n) is 5.48. The molecule has 3 aliphatic heterocycles. The Kier molecular flexibility index (Phi) is 6.49. The van der Waals surface area contributed by atoms with Crippen molar-refractivity contribution in [3.05, 3.63) is 0 Å². The van der Waals surface area contributed by atoms with E-state index in [-0.39, 0.29) is 43.2 Å². The number of halogens is 3. The summed E-state index contributed by atoms with van der Waals surface area (Å²) < 4.78 is 52.1. The Hall–Kier alpha value is -1.43. The predicted octanol–water partition coefficient (Wildman–Crippen LogP) is 1.02. The highest BCUT2D eigenvalue weighted by atomic mass is 19.4. The number of alkyl halides is 3. The van der Waals surface area contributed by atoms with E-state index in [1.807, 2.05) is 0 Å². The molecule has 4 fully saturated rings. The van der Waals surface area contributed by atoms with Gasteiger partial charge in [0.2, 0.25) is 11.8 Å². The number of hydrogen-bond donors (Lipinski definition) is 2. The van der Waals surface area contributed by atoms with Gasteiger partial charge in [0.05, 0.1) is 31.3 Å². The van der Waals surface area contributed by atoms with Gasteiger partial charge in [-0.05, 0) is 26.2 Å². The van der Waals surface area contributed by atoms with E-state index in [4.69, 9.17) is 9.47 Å². The molecular weight excluding hydrogens is 417 g/mol. The van der Waals surface area contributed by atoms with Crippen molar-refractivity contribution >= 4 is 11.8 Å². The van der Waals surface area contributed by atoms with E-state index in [2.05, 4.69) is 10.7 Å². The summed E-state index contributed by atoms with van der Waals surface area (Å²) in [4.78, 5) is 26.5. The lowest BCUT2D eigenvalue weighted by Gasteiger charge is -2.42. The molecule has 0 spiro atoms. The maximum absolute atomic E-state index is 13.6. The number of carbonyl (C=O) groups is 2. The van der Waals surface area contributed by atoms with Gasteiger partial charge in [0.1, 0.15) is 6.17 Å². The smallest absolute Gasteiger partial charge is 0.373 e. The number of rotatable bonds is 4. The number of nitrogens with one attached hydrogen (secondary N) is 2. The minimum atomic E-state index is -4.44. The lowest BCUT2D eigenvalue weighted by Crippen LogP contribution is -2.59. The number of carbonyl (C=O) groups excluding carboxylic acids is 2. The van der Waals surface area contributed by atoms with E-state index in [1.54, 1.807) is 19.0 Å². The molecular formula is C20H31F3N4O4. The summed E-state index contributed by atoms with van der Waals surface area (Å²) in [5.74, 6) is -3.23. The van der Waals surface area contributed by atoms with Crippen LogP contribution in [-0.4, -0.2) is 85.2 Å². The third-order valence-corrected chi connectivity index (χ3v) is 7.23. The minimum absolute atomic E-state index is 0.0174. The zero-order valence-electron chi connectivity index (χ0n) is 17.9. The van der Waals surface area contributed by atoms with Gasteiger partial charge >= 0.3 is 6.18 Å². The number of likely N-dealkylation sites (tertiary alicyclic amines) is 1. The summed E-state index contributed by atoms with van der Waals surface area (Å²) in [6, 6.07) is -0.403. The van der Waals surface area contributed by atoms with Crippen molar-refractivity contribution < 1.29 is 32.2 Å². The third kappa shape index (κ3) is 4.69. The van der Waals surface area contributed by atoms with Crippen molar-refractivity contribution in [3.63, 3.8) is 0 Å². The standard InChI is InChI=1S/C20H31F3N4O4/c1-11-18-13(20(21,22)23)10-17(29)27(19(18)25-26(11)2)6-5-16(28)24-12-3-4-14-15(9-12)31-8-7-30-14/h11-15,18-19,25H,3-10H2,1-2H3,(H,24,28). The first-order valence-corrected chi connectivity index (χ1v) is 11.0. The zero-order valence-corrected chi connectivity index (χ0v) is 17.9. The van der Waals surface area contributed by atoms with Crippen molar-refractivity contribution in [1.82, 2.24) is 20.7 Å². The van der Waals surface area contributed by atoms with Gasteiger partial charge in [-0.15, -0.1) is 0 Å². The first-order valence-electron chi connectivity index (χ1n) is 11.0. The van der Waals surface area contributed by atoms with Crippen molar-refractivity contribution in [2.75, 3.05) is 26.8 Å². The highest BCUT2D eigenvalue weighted by molar-refractivity contribution is 5.80. The van der Waals surface area contributed by atoms with Gasteiger partial charge in [0.15, 0.2) is 0 Å². The van der Waals surface area contributed by atoms with Crippen LogP contribution < -0.4 is 10.7 Å². The van der Waals surface area contributed by atoms with Crippen LogP contribution in [0.4, 0.5) is 13.2 Å². The fourth-order valence-corrected chi connectivity index (χ4v) is 5.48.